The number of aromatic nitrogens is 2. The molecule has 116 valence electrons. The van der Waals surface area contributed by atoms with Crippen LogP contribution < -0.4 is 4.90 Å². The van der Waals surface area contributed by atoms with Crippen LogP contribution >= 0.6 is 0 Å². The lowest BCUT2D eigenvalue weighted by Gasteiger charge is -2.33. The molecule has 0 N–H and O–H groups in total. The maximum atomic E-state index is 12.5. The Kier molecular flexibility index (Phi) is 4.37. The van der Waals surface area contributed by atoms with Gasteiger partial charge in [0.1, 0.15) is 5.82 Å². The molecular formula is C16H20N4O2. The van der Waals surface area contributed by atoms with Crippen LogP contribution in [0.25, 0.3) is 0 Å². The van der Waals surface area contributed by atoms with Crippen LogP contribution in [0.3, 0.4) is 0 Å². The first-order valence-electron chi connectivity index (χ1n) is 7.51. The molecule has 1 saturated heterocycles. The summed E-state index contributed by atoms with van der Waals surface area (Å²) >= 11 is 0. The molecule has 0 bridgehead atoms. The van der Waals surface area contributed by atoms with Crippen LogP contribution in [0, 0.1) is 5.92 Å². The highest BCUT2D eigenvalue weighted by atomic mass is 16.3. The van der Waals surface area contributed by atoms with Gasteiger partial charge >= 0.3 is 0 Å². The van der Waals surface area contributed by atoms with Crippen molar-refractivity contribution in [1.82, 2.24) is 14.9 Å². The van der Waals surface area contributed by atoms with Crippen LogP contribution in [0.15, 0.2) is 41.6 Å². The van der Waals surface area contributed by atoms with Crippen molar-refractivity contribution in [2.45, 2.75) is 19.4 Å². The summed E-state index contributed by atoms with van der Waals surface area (Å²) in [6, 6.07) is 1.89. The molecule has 0 spiro atoms. The summed E-state index contributed by atoms with van der Waals surface area (Å²) in [6.07, 6.45) is 10.2. The Bertz CT molecular complexity index is 592. The SMILES string of the molecule is CN(Cc1ccoc1)C(=O)C1CCN(c2cnccn2)CC1. The zero-order valence-electron chi connectivity index (χ0n) is 12.7. The largest absolute Gasteiger partial charge is 0.472 e. The number of hydrogen-bond donors (Lipinski definition) is 0. The smallest absolute Gasteiger partial charge is 0.225 e. The van der Waals surface area contributed by atoms with Gasteiger partial charge in [0.05, 0.1) is 18.7 Å². The van der Waals surface area contributed by atoms with Crippen molar-refractivity contribution in [3.05, 3.63) is 42.7 Å². The molecule has 0 atom stereocenters. The minimum Gasteiger partial charge on any atom is -0.472 e. The lowest BCUT2D eigenvalue weighted by Crippen LogP contribution is -2.41. The number of rotatable bonds is 4. The van der Waals surface area contributed by atoms with Gasteiger partial charge in [0.2, 0.25) is 5.91 Å². The summed E-state index contributed by atoms with van der Waals surface area (Å²) in [5.74, 6) is 1.19. The van der Waals surface area contributed by atoms with E-state index in [9.17, 15) is 4.79 Å². The van der Waals surface area contributed by atoms with Crippen LogP contribution in [0.1, 0.15) is 18.4 Å². The minimum absolute atomic E-state index is 0.0878. The molecule has 0 saturated carbocycles. The van der Waals surface area contributed by atoms with Gasteiger partial charge < -0.3 is 14.2 Å². The number of furan rings is 1. The third-order valence-electron chi connectivity index (χ3n) is 4.09. The van der Waals surface area contributed by atoms with Crippen molar-refractivity contribution >= 4 is 11.7 Å². The first-order valence-corrected chi connectivity index (χ1v) is 7.51. The summed E-state index contributed by atoms with van der Waals surface area (Å²) < 4.78 is 5.05. The number of nitrogens with zero attached hydrogens (tertiary/aromatic N) is 4. The van der Waals surface area contributed by atoms with E-state index in [1.807, 2.05) is 13.1 Å². The van der Waals surface area contributed by atoms with Crippen molar-refractivity contribution in [3.63, 3.8) is 0 Å². The van der Waals surface area contributed by atoms with Gasteiger partial charge in [0.15, 0.2) is 0 Å². The van der Waals surface area contributed by atoms with Gasteiger partial charge in [-0.05, 0) is 18.9 Å². The molecule has 1 aliphatic heterocycles. The highest BCUT2D eigenvalue weighted by Crippen LogP contribution is 2.23. The van der Waals surface area contributed by atoms with Crippen molar-refractivity contribution in [3.8, 4) is 0 Å². The third-order valence-corrected chi connectivity index (χ3v) is 4.09. The van der Waals surface area contributed by atoms with Gasteiger partial charge in [0, 0.05) is 50.6 Å². The van der Waals surface area contributed by atoms with Gasteiger partial charge in [-0.2, -0.15) is 0 Å². The van der Waals surface area contributed by atoms with Crippen LogP contribution in [-0.4, -0.2) is 40.9 Å². The molecule has 0 aliphatic carbocycles. The quantitative estimate of drug-likeness (QED) is 0.863. The van der Waals surface area contributed by atoms with Crippen LogP contribution in [0.5, 0.6) is 0 Å². The zero-order chi connectivity index (χ0) is 15.4. The predicted octanol–water partition coefficient (Wildman–Crippen LogP) is 1.94. The fraction of sp³-hybridized carbons (Fsp3) is 0.438. The van der Waals surface area contributed by atoms with Gasteiger partial charge in [0.25, 0.3) is 0 Å². The standard InChI is InChI=1S/C16H20N4O2/c1-19(11-13-4-9-22-12-13)16(21)14-2-7-20(8-3-14)15-10-17-5-6-18-15/h4-6,9-10,12,14H,2-3,7-8,11H2,1H3. The van der Waals surface area contributed by atoms with E-state index in [1.54, 1.807) is 36.0 Å². The Labute approximate surface area is 129 Å². The zero-order valence-corrected chi connectivity index (χ0v) is 12.7. The molecule has 0 unspecified atom stereocenters. The first kappa shape index (κ1) is 14.6. The second kappa shape index (κ2) is 6.60. The molecule has 0 aromatic carbocycles. The van der Waals surface area contributed by atoms with E-state index in [2.05, 4.69) is 14.9 Å². The van der Waals surface area contributed by atoms with Crippen molar-refractivity contribution in [1.29, 1.82) is 0 Å². The number of amides is 1. The summed E-state index contributed by atoms with van der Waals surface area (Å²) in [5, 5.41) is 0. The average molecular weight is 300 g/mol. The van der Waals surface area contributed by atoms with E-state index < -0.39 is 0 Å². The molecule has 6 heteroatoms. The average Bonchev–Trinajstić information content (AvgIpc) is 3.08. The second-order valence-corrected chi connectivity index (χ2v) is 5.65. The Hall–Kier alpha value is -2.37. The number of carbonyl (C=O) groups is 1. The van der Waals surface area contributed by atoms with E-state index >= 15 is 0 Å². The Morgan fingerprint density at radius 3 is 2.86 bits per heavy atom. The monoisotopic (exact) mass is 300 g/mol. The number of hydrogen-bond acceptors (Lipinski definition) is 5. The van der Waals surface area contributed by atoms with Gasteiger partial charge in [-0.3, -0.25) is 9.78 Å². The fourth-order valence-electron chi connectivity index (χ4n) is 2.86. The number of piperidine rings is 1. The molecule has 6 nitrogen and oxygen atoms in total. The van der Waals surface area contributed by atoms with Crippen LogP contribution in [0.2, 0.25) is 0 Å². The maximum absolute atomic E-state index is 12.5. The van der Waals surface area contributed by atoms with E-state index in [1.165, 1.54) is 0 Å². The van der Waals surface area contributed by atoms with Crippen molar-refractivity contribution < 1.29 is 9.21 Å². The molecule has 22 heavy (non-hydrogen) atoms. The van der Waals surface area contributed by atoms with Crippen LogP contribution in [-0.2, 0) is 11.3 Å². The van der Waals surface area contributed by atoms with Crippen molar-refractivity contribution in [2.75, 3.05) is 25.0 Å². The molecule has 0 radical (unpaired) electrons. The highest BCUT2D eigenvalue weighted by molar-refractivity contribution is 5.78. The lowest BCUT2D eigenvalue weighted by atomic mass is 9.95. The molecule has 2 aromatic heterocycles. The maximum Gasteiger partial charge on any atom is 0.225 e. The molecule has 3 heterocycles. The van der Waals surface area contributed by atoms with E-state index in [-0.39, 0.29) is 11.8 Å². The lowest BCUT2D eigenvalue weighted by molar-refractivity contribution is -0.135. The molecular weight excluding hydrogens is 280 g/mol. The van der Waals surface area contributed by atoms with E-state index in [0.717, 1.165) is 37.3 Å². The van der Waals surface area contributed by atoms with Gasteiger partial charge in [-0.25, -0.2) is 4.98 Å². The van der Waals surface area contributed by atoms with Gasteiger partial charge in [-0.1, -0.05) is 0 Å². The van der Waals surface area contributed by atoms with E-state index in [0.29, 0.717) is 6.54 Å². The van der Waals surface area contributed by atoms with Gasteiger partial charge in [-0.15, -0.1) is 0 Å². The summed E-state index contributed by atoms with van der Waals surface area (Å²) in [6.45, 7) is 2.28. The Morgan fingerprint density at radius 1 is 1.41 bits per heavy atom. The van der Waals surface area contributed by atoms with Crippen LogP contribution in [0.4, 0.5) is 5.82 Å². The highest BCUT2D eigenvalue weighted by Gasteiger charge is 2.27. The Balaban J connectivity index is 1.53. The topological polar surface area (TPSA) is 62.5 Å². The first-order chi connectivity index (χ1) is 10.7. The molecule has 3 rings (SSSR count). The third kappa shape index (κ3) is 3.27. The summed E-state index contributed by atoms with van der Waals surface area (Å²) in [5.41, 5.74) is 1.02. The second-order valence-electron chi connectivity index (χ2n) is 5.65. The normalized spacial score (nSPS) is 15.8. The predicted molar refractivity (Wildman–Crippen MR) is 82.2 cm³/mol. The molecule has 1 fully saturated rings. The summed E-state index contributed by atoms with van der Waals surface area (Å²) in [7, 11) is 1.85. The number of anilines is 1. The van der Waals surface area contributed by atoms with Crippen molar-refractivity contribution in [2.24, 2.45) is 5.92 Å². The molecule has 2 aromatic rings. The van der Waals surface area contributed by atoms with E-state index in [4.69, 9.17) is 4.42 Å². The fourth-order valence-corrected chi connectivity index (χ4v) is 2.86. The minimum atomic E-state index is 0.0878. The molecule has 1 aliphatic rings. The molecule has 1 amide bonds. The summed E-state index contributed by atoms with van der Waals surface area (Å²) in [4.78, 5) is 24.9. The Morgan fingerprint density at radius 2 is 2.23 bits per heavy atom. The number of carbonyl (C=O) groups excluding carboxylic acids is 1.